The third kappa shape index (κ3) is 4.12. The minimum absolute atomic E-state index is 0.0646. The van der Waals surface area contributed by atoms with Crippen molar-refractivity contribution in [3.05, 3.63) is 57.1 Å². The van der Waals surface area contributed by atoms with Crippen molar-refractivity contribution >= 4 is 34.2 Å². The van der Waals surface area contributed by atoms with E-state index in [1.54, 1.807) is 24.5 Å². The highest BCUT2D eigenvalue weighted by molar-refractivity contribution is 8.00. The van der Waals surface area contributed by atoms with Gasteiger partial charge in [-0.25, -0.2) is 4.98 Å². The molecule has 0 bridgehead atoms. The van der Waals surface area contributed by atoms with Gasteiger partial charge < -0.3 is 4.98 Å². The number of para-hydroxylation sites is 1. The average Bonchev–Trinajstić information content (AvgIpc) is 3.01. The lowest BCUT2D eigenvalue weighted by Crippen LogP contribution is -2.25. The van der Waals surface area contributed by atoms with Gasteiger partial charge in [-0.3, -0.25) is 19.0 Å². The summed E-state index contributed by atoms with van der Waals surface area (Å²) in [5.74, 6) is -0.178. The molecule has 0 amide bonds. The van der Waals surface area contributed by atoms with Crippen LogP contribution in [0.2, 0.25) is 0 Å². The number of nitrogens with one attached hydrogen (secondary N) is 1. The fourth-order valence-corrected chi connectivity index (χ4v) is 4.68. The SMILES string of the molecule is CCCCn1c(SC(C)C(=O)c2[nH]c(C)c(C(C)=O)c2C)nc2ccccc2c1=O. The van der Waals surface area contributed by atoms with Crippen LogP contribution in [-0.4, -0.2) is 31.4 Å². The van der Waals surface area contributed by atoms with Crippen molar-refractivity contribution in [2.24, 2.45) is 0 Å². The van der Waals surface area contributed by atoms with Gasteiger partial charge in [0, 0.05) is 17.8 Å². The molecule has 0 spiro atoms. The van der Waals surface area contributed by atoms with E-state index < -0.39 is 5.25 Å². The standard InChI is InChI=1S/C23H27N3O3S/c1-6-7-12-26-22(29)17-10-8-9-11-18(17)25-23(26)30-16(5)21(28)20-13(2)19(15(4)27)14(3)24-20/h8-11,16,24H,6-7,12H2,1-5H3. The lowest BCUT2D eigenvalue weighted by atomic mass is 10.0. The van der Waals surface area contributed by atoms with Gasteiger partial charge in [-0.1, -0.05) is 37.2 Å². The van der Waals surface area contributed by atoms with Crippen molar-refractivity contribution < 1.29 is 9.59 Å². The molecule has 0 aliphatic heterocycles. The van der Waals surface area contributed by atoms with Gasteiger partial charge in [0.05, 0.1) is 21.8 Å². The first-order valence-corrected chi connectivity index (χ1v) is 11.0. The summed E-state index contributed by atoms with van der Waals surface area (Å²) in [7, 11) is 0. The molecule has 0 aliphatic carbocycles. The molecule has 3 aromatic rings. The molecule has 3 rings (SSSR count). The van der Waals surface area contributed by atoms with Crippen molar-refractivity contribution in [1.82, 2.24) is 14.5 Å². The number of fused-ring (bicyclic) bond motifs is 1. The Bertz CT molecular complexity index is 1180. The first kappa shape index (κ1) is 22.0. The fraction of sp³-hybridized carbons (Fsp3) is 0.391. The summed E-state index contributed by atoms with van der Waals surface area (Å²) in [6.07, 6.45) is 1.80. The normalized spacial score (nSPS) is 12.3. The van der Waals surface area contributed by atoms with Gasteiger partial charge in [0.1, 0.15) is 0 Å². The van der Waals surface area contributed by atoms with E-state index in [4.69, 9.17) is 0 Å². The molecular formula is C23H27N3O3S. The average molecular weight is 426 g/mol. The van der Waals surface area contributed by atoms with E-state index in [-0.39, 0.29) is 17.1 Å². The number of hydrogen-bond donors (Lipinski definition) is 1. The van der Waals surface area contributed by atoms with Crippen LogP contribution >= 0.6 is 11.8 Å². The number of H-pyrrole nitrogens is 1. The van der Waals surface area contributed by atoms with Gasteiger partial charge in [0.25, 0.3) is 5.56 Å². The maximum absolute atomic E-state index is 13.2. The number of aromatic amines is 1. The lowest BCUT2D eigenvalue weighted by Gasteiger charge is -2.15. The van der Waals surface area contributed by atoms with Gasteiger partial charge in [0.15, 0.2) is 16.7 Å². The van der Waals surface area contributed by atoms with Gasteiger partial charge >= 0.3 is 0 Å². The zero-order chi connectivity index (χ0) is 22.0. The molecule has 7 heteroatoms. The molecule has 1 unspecified atom stereocenters. The summed E-state index contributed by atoms with van der Waals surface area (Å²) >= 11 is 1.28. The Hall–Kier alpha value is -2.67. The molecule has 158 valence electrons. The van der Waals surface area contributed by atoms with Crippen molar-refractivity contribution in [3.63, 3.8) is 0 Å². The Kier molecular flexibility index (Phi) is 6.61. The predicted molar refractivity (Wildman–Crippen MR) is 121 cm³/mol. The number of ketones is 2. The number of rotatable bonds is 8. The van der Waals surface area contributed by atoms with E-state index >= 15 is 0 Å². The number of Topliss-reactive ketones (excluding diaryl/α,β-unsaturated/α-hetero) is 2. The molecule has 0 aliphatic rings. The quantitative estimate of drug-likeness (QED) is 0.321. The van der Waals surface area contributed by atoms with Crippen molar-refractivity contribution in [1.29, 1.82) is 0 Å². The maximum atomic E-state index is 13.2. The minimum Gasteiger partial charge on any atom is -0.355 e. The summed E-state index contributed by atoms with van der Waals surface area (Å²) < 4.78 is 1.67. The van der Waals surface area contributed by atoms with Crippen molar-refractivity contribution in [2.75, 3.05) is 0 Å². The second kappa shape index (κ2) is 9.00. The highest BCUT2D eigenvalue weighted by Crippen LogP contribution is 2.27. The Morgan fingerprint density at radius 2 is 1.93 bits per heavy atom. The zero-order valence-corrected chi connectivity index (χ0v) is 18.9. The molecule has 1 N–H and O–H groups in total. The van der Waals surface area contributed by atoms with Crippen LogP contribution in [-0.2, 0) is 6.54 Å². The topological polar surface area (TPSA) is 84.8 Å². The number of aromatic nitrogens is 3. The van der Waals surface area contributed by atoms with Gasteiger partial charge in [-0.2, -0.15) is 0 Å². The monoisotopic (exact) mass is 425 g/mol. The molecule has 0 fully saturated rings. The van der Waals surface area contributed by atoms with E-state index in [0.717, 1.165) is 12.8 Å². The molecule has 1 atom stereocenters. The summed E-state index contributed by atoms with van der Waals surface area (Å²) in [6.45, 7) is 9.53. The van der Waals surface area contributed by atoms with Crippen molar-refractivity contribution in [2.45, 2.75) is 64.4 Å². The third-order valence-corrected chi connectivity index (χ3v) is 6.34. The molecule has 2 heterocycles. The van der Waals surface area contributed by atoms with Crippen LogP contribution in [0.3, 0.4) is 0 Å². The second-order valence-corrected chi connectivity index (χ2v) is 8.84. The van der Waals surface area contributed by atoms with E-state index in [2.05, 4.69) is 16.9 Å². The zero-order valence-electron chi connectivity index (χ0n) is 18.0. The number of hydrogen-bond acceptors (Lipinski definition) is 5. The summed E-state index contributed by atoms with van der Waals surface area (Å²) in [4.78, 5) is 45.9. The van der Waals surface area contributed by atoms with Crippen LogP contribution in [0.5, 0.6) is 0 Å². The van der Waals surface area contributed by atoms with Crippen LogP contribution in [0.15, 0.2) is 34.2 Å². The van der Waals surface area contributed by atoms with E-state index in [1.807, 2.05) is 25.1 Å². The molecule has 0 radical (unpaired) electrons. The Labute approximate surface area is 180 Å². The molecule has 6 nitrogen and oxygen atoms in total. The third-order valence-electron chi connectivity index (χ3n) is 5.25. The van der Waals surface area contributed by atoms with E-state index in [1.165, 1.54) is 18.7 Å². The molecular weight excluding hydrogens is 398 g/mol. The van der Waals surface area contributed by atoms with E-state index in [0.29, 0.717) is 45.1 Å². The molecule has 30 heavy (non-hydrogen) atoms. The highest BCUT2D eigenvalue weighted by Gasteiger charge is 2.26. The number of nitrogens with zero attached hydrogens (tertiary/aromatic N) is 2. The minimum atomic E-state index is -0.470. The van der Waals surface area contributed by atoms with Crippen LogP contribution < -0.4 is 5.56 Å². The Morgan fingerprint density at radius 1 is 1.23 bits per heavy atom. The first-order chi connectivity index (χ1) is 14.3. The number of carbonyl (C=O) groups excluding carboxylic acids is 2. The number of aryl methyl sites for hydroxylation is 1. The number of thioether (sulfide) groups is 1. The fourth-order valence-electron chi connectivity index (χ4n) is 3.69. The Morgan fingerprint density at radius 3 is 2.57 bits per heavy atom. The molecule has 2 aromatic heterocycles. The summed E-state index contributed by atoms with van der Waals surface area (Å²) in [5.41, 5.74) is 2.93. The van der Waals surface area contributed by atoms with Gasteiger partial charge in [-0.05, 0) is 51.8 Å². The van der Waals surface area contributed by atoms with Crippen LogP contribution in [0.1, 0.15) is 65.7 Å². The Balaban J connectivity index is 1.99. The maximum Gasteiger partial charge on any atom is 0.262 e. The van der Waals surface area contributed by atoms with Crippen LogP contribution in [0.4, 0.5) is 0 Å². The molecule has 0 saturated heterocycles. The number of unbranched alkanes of at least 4 members (excludes halogenated alkanes) is 1. The number of carbonyl (C=O) groups is 2. The highest BCUT2D eigenvalue weighted by atomic mass is 32.2. The second-order valence-electron chi connectivity index (χ2n) is 7.53. The predicted octanol–water partition coefficient (Wildman–Crippen LogP) is 4.71. The smallest absolute Gasteiger partial charge is 0.262 e. The summed E-state index contributed by atoms with van der Waals surface area (Å²) in [5, 5.41) is 0.655. The lowest BCUT2D eigenvalue weighted by molar-refractivity contribution is 0.0988. The van der Waals surface area contributed by atoms with Crippen LogP contribution in [0.25, 0.3) is 10.9 Å². The van der Waals surface area contributed by atoms with Crippen LogP contribution in [0, 0.1) is 13.8 Å². The number of benzene rings is 1. The first-order valence-electron chi connectivity index (χ1n) is 10.2. The summed E-state index contributed by atoms with van der Waals surface area (Å²) in [6, 6.07) is 7.28. The van der Waals surface area contributed by atoms with E-state index in [9.17, 15) is 14.4 Å². The largest absolute Gasteiger partial charge is 0.355 e. The molecule has 1 aromatic carbocycles. The van der Waals surface area contributed by atoms with Crippen molar-refractivity contribution in [3.8, 4) is 0 Å². The van der Waals surface area contributed by atoms with Gasteiger partial charge in [0.2, 0.25) is 0 Å². The molecule has 0 saturated carbocycles. The van der Waals surface area contributed by atoms with Gasteiger partial charge in [-0.15, -0.1) is 0 Å².